The lowest BCUT2D eigenvalue weighted by Crippen LogP contribution is -2.40. The van der Waals surface area contributed by atoms with Crippen LogP contribution in [-0.4, -0.2) is 62.0 Å². The molecular formula is C13H27N3O. The third-order valence-corrected chi connectivity index (χ3v) is 3.45. The van der Waals surface area contributed by atoms with Crippen LogP contribution in [0.15, 0.2) is 0 Å². The van der Waals surface area contributed by atoms with Crippen LogP contribution in [0.2, 0.25) is 0 Å². The van der Waals surface area contributed by atoms with Crippen molar-refractivity contribution < 1.29 is 4.79 Å². The molecule has 4 heteroatoms. The Morgan fingerprint density at radius 3 is 2.47 bits per heavy atom. The minimum atomic E-state index is 0.269. The van der Waals surface area contributed by atoms with Gasteiger partial charge in [-0.25, -0.2) is 0 Å². The molecule has 1 N–H and O–H groups in total. The van der Waals surface area contributed by atoms with Gasteiger partial charge in [-0.05, 0) is 26.4 Å². The van der Waals surface area contributed by atoms with Crippen LogP contribution < -0.4 is 5.32 Å². The highest BCUT2D eigenvalue weighted by atomic mass is 16.2. The number of nitrogens with one attached hydrogen (secondary N) is 1. The first kappa shape index (κ1) is 14.5. The van der Waals surface area contributed by atoms with Gasteiger partial charge in [-0.1, -0.05) is 19.8 Å². The Morgan fingerprint density at radius 1 is 1.24 bits per heavy atom. The minimum absolute atomic E-state index is 0.269. The number of rotatable bonds is 6. The molecule has 0 aliphatic carbocycles. The van der Waals surface area contributed by atoms with Gasteiger partial charge in [0.25, 0.3) is 0 Å². The summed E-state index contributed by atoms with van der Waals surface area (Å²) < 4.78 is 0. The van der Waals surface area contributed by atoms with Crippen molar-refractivity contribution in [1.29, 1.82) is 0 Å². The molecule has 0 aromatic carbocycles. The highest BCUT2D eigenvalue weighted by Gasteiger charge is 2.14. The van der Waals surface area contributed by atoms with Crippen molar-refractivity contribution >= 4 is 5.91 Å². The van der Waals surface area contributed by atoms with Crippen LogP contribution in [0, 0.1) is 0 Å². The van der Waals surface area contributed by atoms with Crippen molar-refractivity contribution in [3.63, 3.8) is 0 Å². The molecular weight excluding hydrogens is 214 g/mol. The molecule has 0 atom stereocenters. The summed E-state index contributed by atoms with van der Waals surface area (Å²) in [5, 5.41) is 3.24. The van der Waals surface area contributed by atoms with Crippen molar-refractivity contribution in [2.24, 2.45) is 0 Å². The summed E-state index contributed by atoms with van der Waals surface area (Å²) in [5.74, 6) is 0.269. The molecule has 0 bridgehead atoms. The van der Waals surface area contributed by atoms with Crippen molar-refractivity contribution in [2.75, 3.05) is 46.3 Å². The predicted octanol–water partition coefficient (Wildman–Crippen LogP) is 0.930. The first-order valence-corrected chi connectivity index (χ1v) is 6.91. The highest BCUT2D eigenvalue weighted by Crippen LogP contribution is 2.09. The van der Waals surface area contributed by atoms with E-state index in [2.05, 4.69) is 24.2 Å². The van der Waals surface area contributed by atoms with Crippen LogP contribution in [0.1, 0.15) is 32.6 Å². The summed E-state index contributed by atoms with van der Waals surface area (Å²) in [6, 6.07) is 0. The van der Waals surface area contributed by atoms with E-state index in [0.29, 0.717) is 6.54 Å². The van der Waals surface area contributed by atoms with Gasteiger partial charge in [-0.15, -0.1) is 0 Å². The van der Waals surface area contributed by atoms with Crippen LogP contribution >= 0.6 is 0 Å². The second-order valence-electron chi connectivity index (χ2n) is 4.87. The Bertz CT molecular complexity index is 213. The Kier molecular flexibility index (Phi) is 7.21. The molecule has 1 rings (SSSR count). The highest BCUT2D eigenvalue weighted by molar-refractivity contribution is 5.78. The van der Waals surface area contributed by atoms with E-state index in [0.717, 1.165) is 32.7 Å². The van der Waals surface area contributed by atoms with E-state index >= 15 is 0 Å². The van der Waals surface area contributed by atoms with Crippen LogP contribution in [0.5, 0.6) is 0 Å². The summed E-state index contributed by atoms with van der Waals surface area (Å²) in [7, 11) is 2.10. The van der Waals surface area contributed by atoms with Gasteiger partial charge < -0.3 is 15.1 Å². The topological polar surface area (TPSA) is 35.6 Å². The molecule has 0 spiro atoms. The Hall–Kier alpha value is -0.610. The van der Waals surface area contributed by atoms with Crippen LogP contribution in [0.4, 0.5) is 0 Å². The fourth-order valence-electron chi connectivity index (χ4n) is 2.06. The van der Waals surface area contributed by atoms with E-state index in [9.17, 15) is 4.79 Å². The van der Waals surface area contributed by atoms with Crippen LogP contribution in [0.3, 0.4) is 0 Å². The molecule has 1 heterocycles. The molecule has 4 nitrogen and oxygen atoms in total. The fourth-order valence-corrected chi connectivity index (χ4v) is 2.06. The number of likely N-dealkylation sites (tertiary alicyclic amines) is 1. The lowest BCUT2D eigenvalue weighted by Gasteiger charge is -2.21. The van der Waals surface area contributed by atoms with E-state index in [1.54, 1.807) is 0 Å². The van der Waals surface area contributed by atoms with E-state index < -0.39 is 0 Å². The Labute approximate surface area is 105 Å². The lowest BCUT2D eigenvalue weighted by molar-refractivity contribution is -0.130. The number of amides is 1. The van der Waals surface area contributed by atoms with Gasteiger partial charge in [0.2, 0.25) is 5.91 Å². The van der Waals surface area contributed by atoms with Gasteiger partial charge in [0.15, 0.2) is 0 Å². The number of hydrogen-bond acceptors (Lipinski definition) is 3. The fraction of sp³-hybridized carbons (Fsp3) is 0.923. The normalized spacial score (nSPS) is 17.2. The molecule has 0 radical (unpaired) electrons. The summed E-state index contributed by atoms with van der Waals surface area (Å²) in [4.78, 5) is 16.2. The molecule has 1 amide bonds. The van der Waals surface area contributed by atoms with Crippen LogP contribution in [-0.2, 0) is 4.79 Å². The van der Waals surface area contributed by atoms with E-state index in [1.807, 2.05) is 4.90 Å². The van der Waals surface area contributed by atoms with E-state index in [4.69, 9.17) is 0 Å². The molecule has 1 aliphatic rings. The summed E-state index contributed by atoms with van der Waals surface area (Å²) in [6.07, 6.45) is 4.89. The van der Waals surface area contributed by atoms with Gasteiger partial charge in [-0.2, -0.15) is 0 Å². The van der Waals surface area contributed by atoms with Crippen LogP contribution in [0.25, 0.3) is 0 Å². The van der Waals surface area contributed by atoms with Gasteiger partial charge in [-0.3, -0.25) is 4.79 Å². The minimum Gasteiger partial charge on any atom is -0.342 e. The zero-order valence-electron chi connectivity index (χ0n) is 11.4. The molecule has 1 fully saturated rings. The standard InChI is InChI=1S/C13H27N3O/c1-3-15(2)11-8-14-12-13(17)16-9-6-4-5-7-10-16/h14H,3-12H2,1-2H3. The predicted molar refractivity (Wildman–Crippen MR) is 71.1 cm³/mol. The molecule has 0 saturated carbocycles. The molecule has 0 aromatic rings. The number of likely N-dealkylation sites (N-methyl/N-ethyl adjacent to an activating group) is 1. The monoisotopic (exact) mass is 241 g/mol. The second-order valence-corrected chi connectivity index (χ2v) is 4.87. The van der Waals surface area contributed by atoms with E-state index in [-0.39, 0.29) is 5.91 Å². The van der Waals surface area contributed by atoms with Gasteiger partial charge in [0, 0.05) is 26.2 Å². The van der Waals surface area contributed by atoms with Gasteiger partial charge in [0.05, 0.1) is 6.54 Å². The van der Waals surface area contributed by atoms with Gasteiger partial charge >= 0.3 is 0 Å². The maximum Gasteiger partial charge on any atom is 0.236 e. The number of hydrogen-bond donors (Lipinski definition) is 1. The van der Waals surface area contributed by atoms with Crippen molar-refractivity contribution in [1.82, 2.24) is 15.1 Å². The zero-order chi connectivity index (χ0) is 12.5. The molecule has 1 aliphatic heterocycles. The third-order valence-electron chi connectivity index (χ3n) is 3.45. The lowest BCUT2D eigenvalue weighted by atomic mass is 10.2. The second kappa shape index (κ2) is 8.48. The van der Waals surface area contributed by atoms with Crippen molar-refractivity contribution in [3.05, 3.63) is 0 Å². The quantitative estimate of drug-likeness (QED) is 0.703. The summed E-state index contributed by atoms with van der Waals surface area (Å²) in [6.45, 7) is 7.50. The van der Waals surface area contributed by atoms with Crippen molar-refractivity contribution in [2.45, 2.75) is 32.6 Å². The summed E-state index contributed by atoms with van der Waals surface area (Å²) in [5.41, 5.74) is 0. The molecule has 100 valence electrons. The van der Waals surface area contributed by atoms with Crippen molar-refractivity contribution in [3.8, 4) is 0 Å². The largest absolute Gasteiger partial charge is 0.342 e. The Balaban J connectivity index is 2.11. The number of carbonyl (C=O) groups is 1. The average molecular weight is 241 g/mol. The Morgan fingerprint density at radius 2 is 1.88 bits per heavy atom. The third kappa shape index (κ3) is 6.03. The first-order valence-electron chi connectivity index (χ1n) is 6.91. The molecule has 0 unspecified atom stereocenters. The molecule has 1 saturated heterocycles. The first-order chi connectivity index (χ1) is 8.24. The SMILES string of the molecule is CCN(C)CCNCC(=O)N1CCCCCC1. The molecule has 0 aromatic heterocycles. The maximum absolute atomic E-state index is 11.9. The number of nitrogens with zero attached hydrogens (tertiary/aromatic N) is 2. The maximum atomic E-state index is 11.9. The van der Waals surface area contributed by atoms with E-state index in [1.165, 1.54) is 25.7 Å². The smallest absolute Gasteiger partial charge is 0.236 e. The number of carbonyl (C=O) groups excluding carboxylic acids is 1. The average Bonchev–Trinajstić information content (AvgIpc) is 2.62. The zero-order valence-corrected chi connectivity index (χ0v) is 11.4. The summed E-state index contributed by atoms with van der Waals surface area (Å²) >= 11 is 0. The molecule has 17 heavy (non-hydrogen) atoms. The van der Waals surface area contributed by atoms with Gasteiger partial charge in [0.1, 0.15) is 0 Å².